The maximum absolute atomic E-state index is 13.2. The highest BCUT2D eigenvalue weighted by molar-refractivity contribution is 7.21. The first-order chi connectivity index (χ1) is 19.5. The number of anilines is 2. The second-order valence-corrected chi connectivity index (χ2v) is 13.5. The number of ether oxygens (including phenoxy) is 1. The first-order valence-electron chi connectivity index (χ1n) is 14.3. The predicted octanol–water partition coefficient (Wildman–Crippen LogP) is 4.93. The van der Waals surface area contributed by atoms with Crippen LogP contribution in [0.25, 0.3) is 10.2 Å². The number of nitriles is 1. The lowest BCUT2D eigenvalue weighted by atomic mass is 9.86. The molecule has 6 rings (SSSR count). The minimum atomic E-state index is -0.529. The molecule has 214 valence electrons. The van der Waals surface area contributed by atoms with Crippen LogP contribution in [0.5, 0.6) is 0 Å². The Labute approximate surface area is 244 Å². The number of nitrogens with one attached hydrogen (secondary N) is 1. The standard InChI is InChI=1S/C31H36N6O3S/c1-17-5-10-24-26(33)27(41-29(24)34-17)28(38)35-21-7-6-18-13-25(20(14-32)11-19(18)12-21)36-15-22-8-9-23(16-36)37(22)30(39)40-31(2,3)4/h5,10-11,13,21-23H,6-9,12,15-16,33H2,1-4H3,(H,35,38)/t21-,22?,23?/m0/s1. The summed E-state index contributed by atoms with van der Waals surface area (Å²) in [6, 6.07) is 10.5. The number of piperazine rings is 1. The van der Waals surface area contributed by atoms with Crippen molar-refractivity contribution < 1.29 is 14.3 Å². The van der Waals surface area contributed by atoms with Gasteiger partial charge in [-0.3, -0.25) is 9.69 Å². The normalized spacial score (nSPS) is 21.9. The molecular weight excluding hydrogens is 536 g/mol. The van der Waals surface area contributed by atoms with Gasteiger partial charge in [-0.15, -0.1) is 11.3 Å². The lowest BCUT2D eigenvalue weighted by Crippen LogP contribution is -2.57. The van der Waals surface area contributed by atoms with Crippen LogP contribution in [-0.4, -0.2) is 58.7 Å². The van der Waals surface area contributed by atoms with Gasteiger partial charge < -0.3 is 20.7 Å². The topological polar surface area (TPSA) is 125 Å². The Kier molecular flexibility index (Phi) is 6.81. The fraction of sp³-hybridized carbons (Fsp3) is 0.484. The Bertz CT molecular complexity index is 1570. The molecule has 0 spiro atoms. The summed E-state index contributed by atoms with van der Waals surface area (Å²) < 4.78 is 5.69. The summed E-state index contributed by atoms with van der Waals surface area (Å²) >= 11 is 1.32. The van der Waals surface area contributed by atoms with Crippen LogP contribution in [0, 0.1) is 18.3 Å². The SMILES string of the molecule is Cc1ccc2c(N)c(C(=O)N[C@H]3CCc4cc(N5CC6CCC(C5)N6C(=O)OC(C)(C)C)c(C#N)cc4C3)sc2n1. The number of benzene rings is 1. The largest absolute Gasteiger partial charge is 0.444 e. The Balaban J connectivity index is 1.17. The number of aromatic nitrogens is 1. The lowest BCUT2D eigenvalue weighted by Gasteiger charge is -2.42. The number of nitrogens with two attached hydrogens (primary N) is 1. The molecule has 3 aliphatic rings. The van der Waals surface area contributed by atoms with E-state index >= 15 is 0 Å². The summed E-state index contributed by atoms with van der Waals surface area (Å²) in [4.78, 5) is 36.1. The van der Waals surface area contributed by atoms with E-state index in [2.05, 4.69) is 27.3 Å². The third-order valence-electron chi connectivity index (χ3n) is 8.37. The molecule has 0 saturated carbocycles. The van der Waals surface area contributed by atoms with Crippen molar-refractivity contribution in [2.75, 3.05) is 23.7 Å². The van der Waals surface area contributed by atoms with Crippen LogP contribution in [0.2, 0.25) is 0 Å². The third kappa shape index (κ3) is 5.19. The minimum Gasteiger partial charge on any atom is -0.444 e. The monoisotopic (exact) mass is 572 g/mol. The number of nitrogens with zero attached hydrogens (tertiary/aromatic N) is 4. The van der Waals surface area contributed by atoms with Crippen molar-refractivity contribution in [3.63, 3.8) is 0 Å². The van der Waals surface area contributed by atoms with Crippen LogP contribution >= 0.6 is 11.3 Å². The molecule has 2 aromatic heterocycles. The molecule has 2 unspecified atom stereocenters. The molecule has 2 bridgehead atoms. The van der Waals surface area contributed by atoms with E-state index in [4.69, 9.17) is 10.5 Å². The van der Waals surface area contributed by atoms with Crippen molar-refractivity contribution in [2.24, 2.45) is 0 Å². The van der Waals surface area contributed by atoms with Gasteiger partial charge in [-0.1, -0.05) is 0 Å². The zero-order valence-corrected chi connectivity index (χ0v) is 24.8. The summed E-state index contributed by atoms with van der Waals surface area (Å²) in [7, 11) is 0. The number of fused-ring (bicyclic) bond motifs is 4. The smallest absolute Gasteiger partial charge is 0.410 e. The van der Waals surface area contributed by atoms with E-state index in [1.54, 1.807) is 0 Å². The zero-order valence-electron chi connectivity index (χ0n) is 24.0. The van der Waals surface area contributed by atoms with Crippen molar-refractivity contribution in [1.82, 2.24) is 15.2 Å². The van der Waals surface area contributed by atoms with Gasteiger partial charge in [0, 0.05) is 30.2 Å². The number of hydrogen-bond donors (Lipinski definition) is 2. The number of amides is 2. The van der Waals surface area contributed by atoms with E-state index < -0.39 is 5.60 Å². The first kappa shape index (κ1) is 27.3. The van der Waals surface area contributed by atoms with Gasteiger partial charge in [0.2, 0.25) is 0 Å². The van der Waals surface area contributed by atoms with Gasteiger partial charge in [-0.2, -0.15) is 5.26 Å². The van der Waals surface area contributed by atoms with Gasteiger partial charge in [0.1, 0.15) is 21.4 Å². The highest BCUT2D eigenvalue weighted by atomic mass is 32.1. The lowest BCUT2D eigenvalue weighted by molar-refractivity contribution is 0.0123. The van der Waals surface area contributed by atoms with Crippen molar-refractivity contribution in [1.29, 1.82) is 5.26 Å². The van der Waals surface area contributed by atoms with E-state index in [9.17, 15) is 14.9 Å². The molecule has 2 fully saturated rings. The Morgan fingerprint density at radius 1 is 1.15 bits per heavy atom. The van der Waals surface area contributed by atoms with E-state index in [1.807, 2.05) is 50.8 Å². The van der Waals surface area contributed by atoms with Gasteiger partial charge >= 0.3 is 6.09 Å². The number of rotatable bonds is 3. The maximum atomic E-state index is 13.2. The van der Waals surface area contributed by atoms with Gasteiger partial charge in [-0.05, 0) is 95.2 Å². The highest BCUT2D eigenvalue weighted by Gasteiger charge is 2.44. The molecule has 3 aromatic rings. The van der Waals surface area contributed by atoms with Crippen LogP contribution < -0.4 is 16.0 Å². The average Bonchev–Trinajstić information content (AvgIpc) is 3.38. The summed E-state index contributed by atoms with van der Waals surface area (Å²) in [5.74, 6) is -0.174. The molecule has 9 nitrogen and oxygen atoms in total. The van der Waals surface area contributed by atoms with Gasteiger partial charge in [0.15, 0.2) is 0 Å². The van der Waals surface area contributed by atoms with Gasteiger partial charge in [0.25, 0.3) is 5.91 Å². The van der Waals surface area contributed by atoms with Crippen LogP contribution in [-0.2, 0) is 17.6 Å². The quantitative estimate of drug-likeness (QED) is 0.456. The molecule has 4 heterocycles. The number of thiophene rings is 1. The fourth-order valence-corrected chi connectivity index (χ4v) is 7.53. The molecule has 2 aliphatic heterocycles. The van der Waals surface area contributed by atoms with E-state index in [0.717, 1.165) is 52.8 Å². The second kappa shape index (κ2) is 10.2. The molecular formula is C31H36N6O3S. The zero-order chi connectivity index (χ0) is 29.1. The number of carbonyl (C=O) groups is 2. The molecule has 3 N–H and O–H groups in total. The number of carbonyl (C=O) groups excluding carboxylic acids is 2. The highest BCUT2D eigenvalue weighted by Crippen LogP contribution is 2.37. The summed E-state index contributed by atoms with van der Waals surface area (Å²) in [6.45, 7) is 8.97. The van der Waals surface area contributed by atoms with Crippen LogP contribution in [0.1, 0.15) is 72.1 Å². The predicted molar refractivity (Wildman–Crippen MR) is 160 cm³/mol. The maximum Gasteiger partial charge on any atom is 0.410 e. The molecule has 1 aromatic carbocycles. The number of aryl methyl sites for hydroxylation is 2. The van der Waals surface area contributed by atoms with E-state index in [-0.39, 0.29) is 30.1 Å². The van der Waals surface area contributed by atoms with Crippen LogP contribution in [0.15, 0.2) is 24.3 Å². The van der Waals surface area contributed by atoms with Crippen LogP contribution in [0.4, 0.5) is 16.2 Å². The molecule has 1 aliphatic carbocycles. The fourth-order valence-electron chi connectivity index (χ4n) is 6.49. The summed E-state index contributed by atoms with van der Waals surface area (Å²) in [5.41, 5.74) is 11.0. The van der Waals surface area contributed by atoms with Crippen molar-refractivity contribution in [3.8, 4) is 6.07 Å². The second-order valence-electron chi connectivity index (χ2n) is 12.5. The summed E-state index contributed by atoms with van der Waals surface area (Å²) in [5, 5.41) is 14.1. The first-order valence-corrected chi connectivity index (χ1v) is 15.1. The average molecular weight is 573 g/mol. The van der Waals surface area contributed by atoms with E-state index in [1.165, 1.54) is 16.9 Å². The Morgan fingerprint density at radius 2 is 1.88 bits per heavy atom. The van der Waals surface area contributed by atoms with Gasteiger partial charge in [0.05, 0.1) is 29.0 Å². The Hall–Kier alpha value is -3.84. The number of hydrogen-bond acceptors (Lipinski definition) is 8. The number of nitrogen functional groups attached to an aromatic ring is 1. The minimum absolute atomic E-state index is 0.0417. The Morgan fingerprint density at radius 3 is 2.56 bits per heavy atom. The third-order valence-corrected chi connectivity index (χ3v) is 9.48. The van der Waals surface area contributed by atoms with Crippen molar-refractivity contribution in [2.45, 2.75) is 83.5 Å². The summed E-state index contributed by atoms with van der Waals surface area (Å²) in [6.07, 6.45) is 3.92. The van der Waals surface area contributed by atoms with Crippen LogP contribution in [0.3, 0.4) is 0 Å². The molecule has 2 saturated heterocycles. The molecule has 10 heteroatoms. The van der Waals surface area contributed by atoms with E-state index in [0.29, 0.717) is 35.6 Å². The van der Waals surface area contributed by atoms with Crippen molar-refractivity contribution >= 4 is 44.9 Å². The van der Waals surface area contributed by atoms with Gasteiger partial charge in [-0.25, -0.2) is 9.78 Å². The molecule has 0 radical (unpaired) electrons. The molecule has 41 heavy (non-hydrogen) atoms. The number of pyridine rings is 1. The molecule has 3 atom stereocenters. The van der Waals surface area contributed by atoms with Crippen molar-refractivity contribution in [3.05, 3.63) is 51.5 Å². The molecule has 2 amide bonds.